The van der Waals surface area contributed by atoms with E-state index in [1.807, 2.05) is 0 Å². The summed E-state index contributed by atoms with van der Waals surface area (Å²) >= 11 is 0. The minimum atomic E-state index is 0.277. The van der Waals surface area contributed by atoms with Gasteiger partial charge in [0.15, 0.2) is 0 Å². The molecule has 112 valence electrons. The third-order valence-corrected chi connectivity index (χ3v) is 3.82. The van der Waals surface area contributed by atoms with Gasteiger partial charge in [-0.2, -0.15) is 0 Å². The van der Waals surface area contributed by atoms with Crippen molar-refractivity contribution < 1.29 is 4.74 Å². The van der Waals surface area contributed by atoms with Crippen molar-refractivity contribution in [1.29, 1.82) is 0 Å². The Hall–Kier alpha value is -1.26. The first kappa shape index (κ1) is 15.1. The SMILES string of the molecule is CC(C)N1CCOC(CNc2ccc(N(C)C)cc2)C1. The molecule has 0 saturated carbocycles. The molecule has 1 aromatic rings. The molecular formula is C16H27N3O. The van der Waals surface area contributed by atoms with Gasteiger partial charge in [-0.3, -0.25) is 4.90 Å². The molecule has 0 bridgehead atoms. The van der Waals surface area contributed by atoms with E-state index in [1.165, 1.54) is 5.69 Å². The Balaban J connectivity index is 1.82. The smallest absolute Gasteiger partial charge is 0.0874 e. The zero-order valence-corrected chi connectivity index (χ0v) is 13.1. The van der Waals surface area contributed by atoms with Crippen molar-refractivity contribution in [3.8, 4) is 0 Å². The number of benzene rings is 1. The third kappa shape index (κ3) is 4.12. The van der Waals surface area contributed by atoms with Crippen LogP contribution in [0.15, 0.2) is 24.3 Å². The lowest BCUT2D eigenvalue weighted by Crippen LogP contribution is -2.48. The lowest BCUT2D eigenvalue weighted by Gasteiger charge is -2.35. The highest BCUT2D eigenvalue weighted by Crippen LogP contribution is 2.16. The van der Waals surface area contributed by atoms with Gasteiger partial charge in [-0.25, -0.2) is 0 Å². The van der Waals surface area contributed by atoms with Crippen LogP contribution in [0.4, 0.5) is 11.4 Å². The van der Waals surface area contributed by atoms with E-state index < -0.39 is 0 Å². The predicted molar refractivity (Wildman–Crippen MR) is 85.7 cm³/mol. The van der Waals surface area contributed by atoms with E-state index in [0.29, 0.717) is 6.04 Å². The monoisotopic (exact) mass is 277 g/mol. The van der Waals surface area contributed by atoms with Gasteiger partial charge in [0.1, 0.15) is 0 Å². The normalized spacial score (nSPS) is 20.1. The highest BCUT2D eigenvalue weighted by molar-refractivity contribution is 5.54. The van der Waals surface area contributed by atoms with Crippen molar-refractivity contribution in [2.75, 3.05) is 50.6 Å². The van der Waals surface area contributed by atoms with Gasteiger partial charge < -0.3 is 15.0 Å². The summed E-state index contributed by atoms with van der Waals surface area (Å²) in [5, 5.41) is 3.47. The third-order valence-electron chi connectivity index (χ3n) is 3.82. The quantitative estimate of drug-likeness (QED) is 0.893. The van der Waals surface area contributed by atoms with Crippen LogP contribution in [0.5, 0.6) is 0 Å². The molecule has 1 fully saturated rings. The van der Waals surface area contributed by atoms with E-state index in [0.717, 1.165) is 31.9 Å². The van der Waals surface area contributed by atoms with Crippen LogP contribution in [0.1, 0.15) is 13.8 Å². The van der Waals surface area contributed by atoms with Gasteiger partial charge in [0, 0.05) is 51.1 Å². The highest BCUT2D eigenvalue weighted by atomic mass is 16.5. The molecule has 1 N–H and O–H groups in total. The van der Waals surface area contributed by atoms with Gasteiger partial charge in [0.05, 0.1) is 12.7 Å². The second kappa shape index (κ2) is 6.95. The highest BCUT2D eigenvalue weighted by Gasteiger charge is 2.21. The van der Waals surface area contributed by atoms with Crippen molar-refractivity contribution in [2.45, 2.75) is 26.0 Å². The maximum Gasteiger partial charge on any atom is 0.0874 e. The summed E-state index contributed by atoms with van der Waals surface area (Å²) in [5.74, 6) is 0. The zero-order chi connectivity index (χ0) is 14.5. The molecule has 0 aliphatic carbocycles. The molecule has 1 aliphatic rings. The molecule has 1 aromatic carbocycles. The van der Waals surface area contributed by atoms with Crippen molar-refractivity contribution in [2.24, 2.45) is 0 Å². The minimum Gasteiger partial charge on any atom is -0.382 e. The molecule has 1 heterocycles. The molecule has 4 nitrogen and oxygen atoms in total. The standard InChI is InChI=1S/C16H27N3O/c1-13(2)19-9-10-20-16(12-19)11-17-14-5-7-15(8-6-14)18(3)4/h5-8,13,16-17H,9-12H2,1-4H3. The lowest BCUT2D eigenvalue weighted by atomic mass is 10.2. The summed E-state index contributed by atoms with van der Waals surface area (Å²) in [5.41, 5.74) is 2.37. The van der Waals surface area contributed by atoms with E-state index in [1.54, 1.807) is 0 Å². The van der Waals surface area contributed by atoms with E-state index >= 15 is 0 Å². The number of ether oxygens (including phenoxy) is 1. The van der Waals surface area contributed by atoms with E-state index in [2.05, 4.69) is 67.3 Å². The topological polar surface area (TPSA) is 27.7 Å². The van der Waals surface area contributed by atoms with E-state index in [-0.39, 0.29) is 6.10 Å². The molecule has 0 amide bonds. The van der Waals surface area contributed by atoms with Gasteiger partial charge in [0.2, 0.25) is 0 Å². The predicted octanol–water partition coefficient (Wildman–Crippen LogP) is 2.27. The Morgan fingerprint density at radius 2 is 2.00 bits per heavy atom. The second-order valence-electron chi connectivity index (χ2n) is 5.90. The van der Waals surface area contributed by atoms with Gasteiger partial charge in [-0.1, -0.05) is 0 Å². The summed E-state index contributed by atoms with van der Waals surface area (Å²) in [7, 11) is 4.11. The first-order chi connectivity index (χ1) is 9.56. The Morgan fingerprint density at radius 1 is 1.30 bits per heavy atom. The van der Waals surface area contributed by atoms with Crippen molar-refractivity contribution >= 4 is 11.4 Å². The van der Waals surface area contributed by atoms with Crippen LogP contribution in [0.3, 0.4) is 0 Å². The second-order valence-corrected chi connectivity index (χ2v) is 5.90. The van der Waals surface area contributed by atoms with Crippen LogP contribution >= 0.6 is 0 Å². The van der Waals surface area contributed by atoms with Crippen molar-refractivity contribution in [1.82, 2.24) is 4.90 Å². The molecule has 1 atom stereocenters. The summed E-state index contributed by atoms with van der Waals surface area (Å²) in [4.78, 5) is 4.58. The van der Waals surface area contributed by atoms with Gasteiger partial charge >= 0.3 is 0 Å². The fourth-order valence-corrected chi connectivity index (χ4v) is 2.44. The number of nitrogens with one attached hydrogen (secondary N) is 1. The Labute approximate surface area is 122 Å². The van der Waals surface area contributed by atoms with Crippen LogP contribution in [0.25, 0.3) is 0 Å². The number of hydrogen-bond donors (Lipinski definition) is 1. The molecule has 1 unspecified atom stereocenters. The number of morpholine rings is 1. The number of rotatable bonds is 5. The van der Waals surface area contributed by atoms with E-state index in [9.17, 15) is 0 Å². The summed E-state index contributed by atoms with van der Waals surface area (Å²) < 4.78 is 5.83. The Kier molecular flexibility index (Phi) is 5.26. The largest absolute Gasteiger partial charge is 0.382 e. The molecule has 1 saturated heterocycles. The first-order valence-electron chi connectivity index (χ1n) is 7.43. The fourth-order valence-electron chi connectivity index (χ4n) is 2.44. The van der Waals surface area contributed by atoms with Crippen molar-refractivity contribution in [3.05, 3.63) is 24.3 Å². The van der Waals surface area contributed by atoms with Gasteiger partial charge in [-0.05, 0) is 38.1 Å². The van der Waals surface area contributed by atoms with Crippen LogP contribution < -0.4 is 10.2 Å². The Bertz CT molecular complexity index is 403. The van der Waals surface area contributed by atoms with Gasteiger partial charge in [-0.15, -0.1) is 0 Å². The fraction of sp³-hybridized carbons (Fsp3) is 0.625. The summed E-state index contributed by atoms with van der Waals surface area (Å²) in [6.07, 6.45) is 0.277. The maximum atomic E-state index is 5.83. The summed E-state index contributed by atoms with van der Waals surface area (Å²) in [6, 6.07) is 9.10. The number of anilines is 2. The van der Waals surface area contributed by atoms with E-state index in [4.69, 9.17) is 4.74 Å². The Morgan fingerprint density at radius 3 is 2.60 bits per heavy atom. The van der Waals surface area contributed by atoms with Crippen LogP contribution in [-0.4, -0.2) is 57.4 Å². The van der Waals surface area contributed by atoms with Crippen LogP contribution in [0.2, 0.25) is 0 Å². The molecule has 0 radical (unpaired) electrons. The molecule has 0 aromatic heterocycles. The van der Waals surface area contributed by atoms with Crippen LogP contribution in [0, 0.1) is 0 Å². The molecule has 4 heteroatoms. The molecule has 20 heavy (non-hydrogen) atoms. The molecule has 1 aliphatic heterocycles. The van der Waals surface area contributed by atoms with Gasteiger partial charge in [0.25, 0.3) is 0 Å². The molecule has 2 rings (SSSR count). The molecule has 0 spiro atoms. The van der Waals surface area contributed by atoms with Crippen molar-refractivity contribution in [3.63, 3.8) is 0 Å². The lowest BCUT2D eigenvalue weighted by molar-refractivity contribution is -0.0315. The average Bonchev–Trinajstić information content (AvgIpc) is 2.46. The number of nitrogens with zero attached hydrogens (tertiary/aromatic N) is 2. The average molecular weight is 277 g/mol. The zero-order valence-electron chi connectivity index (χ0n) is 13.1. The minimum absolute atomic E-state index is 0.277. The summed E-state index contributed by atoms with van der Waals surface area (Å²) in [6.45, 7) is 8.26. The van der Waals surface area contributed by atoms with Crippen LogP contribution in [-0.2, 0) is 4.74 Å². The number of hydrogen-bond acceptors (Lipinski definition) is 4. The first-order valence-corrected chi connectivity index (χ1v) is 7.43. The maximum absolute atomic E-state index is 5.83. The molecular weight excluding hydrogens is 250 g/mol.